The summed E-state index contributed by atoms with van der Waals surface area (Å²) < 4.78 is 0. The van der Waals surface area contributed by atoms with E-state index in [2.05, 4.69) is 31.0 Å². The van der Waals surface area contributed by atoms with Gasteiger partial charge in [-0.05, 0) is 68.0 Å². The molecule has 1 heterocycles. The first kappa shape index (κ1) is 12.5. The van der Waals surface area contributed by atoms with Crippen LogP contribution < -0.4 is 11.3 Å². The monoisotopic (exact) mass is 245 g/mol. The molecule has 18 heavy (non-hydrogen) atoms. The van der Waals surface area contributed by atoms with Crippen molar-refractivity contribution in [2.75, 3.05) is 5.73 Å². The lowest BCUT2D eigenvalue weighted by Crippen LogP contribution is -2.07. The molecule has 0 aliphatic rings. The Morgan fingerprint density at radius 1 is 0.722 bits per heavy atom. The Bertz CT molecular complexity index is 648. The van der Waals surface area contributed by atoms with E-state index in [-0.39, 0.29) is 5.56 Å². The molecule has 1 aromatic heterocycles. The fourth-order valence-corrected chi connectivity index (χ4v) is 2.49. The van der Waals surface area contributed by atoms with E-state index in [4.69, 9.17) is 5.73 Å². The van der Waals surface area contributed by atoms with Crippen molar-refractivity contribution in [3.8, 4) is 11.1 Å². The van der Waals surface area contributed by atoms with Crippen LogP contribution in [0.25, 0.3) is 11.1 Å². The van der Waals surface area contributed by atoms with Crippen LogP contribution >= 0.6 is 0 Å². The van der Waals surface area contributed by atoms with Gasteiger partial charge >= 0.3 is 0 Å². The molecule has 0 radical (unpaired) electrons. The average Bonchev–Trinajstić information content (AvgIpc) is 2.66. The van der Waals surface area contributed by atoms with Gasteiger partial charge in [0.15, 0.2) is 0 Å². The molecule has 0 saturated carbocycles. The lowest BCUT2D eigenvalue weighted by atomic mass is 9.87. The molecule has 0 bridgehead atoms. The molecular formula is C14H19N3O. The van der Waals surface area contributed by atoms with Crippen LogP contribution in [0.3, 0.4) is 0 Å². The summed E-state index contributed by atoms with van der Waals surface area (Å²) >= 11 is 0. The average molecular weight is 245 g/mol. The highest BCUT2D eigenvalue weighted by molar-refractivity contribution is 5.80. The van der Waals surface area contributed by atoms with Crippen molar-refractivity contribution in [3.05, 3.63) is 38.2 Å². The molecule has 1 aromatic carbocycles. The highest BCUT2D eigenvalue weighted by Gasteiger charge is 2.19. The van der Waals surface area contributed by atoms with E-state index in [1.165, 1.54) is 16.7 Å². The summed E-state index contributed by atoms with van der Waals surface area (Å²) in [5.74, 6) is 0.397. The summed E-state index contributed by atoms with van der Waals surface area (Å²) in [5, 5.41) is 5.22. The van der Waals surface area contributed by atoms with Crippen molar-refractivity contribution >= 4 is 5.82 Å². The number of benzene rings is 1. The van der Waals surface area contributed by atoms with Gasteiger partial charge < -0.3 is 5.73 Å². The largest absolute Gasteiger partial charge is 0.383 e. The Labute approximate surface area is 106 Å². The third-order valence-corrected chi connectivity index (χ3v) is 4.06. The lowest BCUT2D eigenvalue weighted by molar-refractivity contribution is 1.06. The minimum absolute atomic E-state index is 0.165. The maximum Gasteiger partial charge on any atom is 0.274 e. The topological polar surface area (TPSA) is 74.7 Å². The number of nitrogens with two attached hydrogens (primary N) is 1. The zero-order chi connectivity index (χ0) is 13.6. The van der Waals surface area contributed by atoms with Crippen LogP contribution in [0.2, 0.25) is 0 Å². The Morgan fingerprint density at radius 3 is 1.56 bits per heavy atom. The zero-order valence-electron chi connectivity index (χ0n) is 11.5. The van der Waals surface area contributed by atoms with Crippen molar-refractivity contribution in [1.82, 2.24) is 10.2 Å². The van der Waals surface area contributed by atoms with E-state index in [0.717, 1.165) is 16.7 Å². The molecule has 4 nitrogen and oxygen atoms in total. The van der Waals surface area contributed by atoms with Gasteiger partial charge in [-0.1, -0.05) is 0 Å². The number of nitrogens with one attached hydrogen (secondary N) is 2. The second kappa shape index (κ2) is 4.05. The van der Waals surface area contributed by atoms with Crippen LogP contribution in [0.15, 0.2) is 4.79 Å². The quantitative estimate of drug-likeness (QED) is 0.722. The van der Waals surface area contributed by atoms with Crippen LogP contribution in [0.1, 0.15) is 27.8 Å². The maximum atomic E-state index is 11.9. The second-order valence-corrected chi connectivity index (χ2v) is 4.87. The van der Waals surface area contributed by atoms with Gasteiger partial charge in [-0.15, -0.1) is 0 Å². The number of hydrogen-bond donors (Lipinski definition) is 3. The van der Waals surface area contributed by atoms with E-state index >= 15 is 0 Å². The van der Waals surface area contributed by atoms with Gasteiger partial charge in [-0.25, -0.2) is 0 Å². The highest BCUT2D eigenvalue weighted by Crippen LogP contribution is 2.34. The summed E-state index contributed by atoms with van der Waals surface area (Å²) in [4.78, 5) is 11.9. The molecular weight excluding hydrogens is 226 g/mol. The van der Waals surface area contributed by atoms with Crippen LogP contribution in [0, 0.1) is 34.6 Å². The molecule has 0 saturated heterocycles. The molecule has 0 atom stereocenters. The van der Waals surface area contributed by atoms with Crippen molar-refractivity contribution in [2.45, 2.75) is 34.6 Å². The summed E-state index contributed by atoms with van der Waals surface area (Å²) in [7, 11) is 0. The smallest absolute Gasteiger partial charge is 0.274 e. The Morgan fingerprint density at radius 2 is 1.17 bits per heavy atom. The second-order valence-electron chi connectivity index (χ2n) is 4.87. The molecule has 4 heteroatoms. The fourth-order valence-electron chi connectivity index (χ4n) is 2.49. The SMILES string of the molecule is Cc1c(C)c(C)c(-c2c(N)[nH][nH]c2=O)c(C)c1C. The summed E-state index contributed by atoms with van der Waals surface area (Å²) in [6, 6.07) is 0. The molecule has 0 spiro atoms. The van der Waals surface area contributed by atoms with Crippen LogP contribution in [0.4, 0.5) is 5.82 Å². The molecule has 0 fully saturated rings. The summed E-state index contributed by atoms with van der Waals surface area (Å²) in [6.45, 7) is 10.3. The van der Waals surface area contributed by atoms with Crippen molar-refractivity contribution in [2.24, 2.45) is 0 Å². The standard InChI is InChI=1S/C14H19N3O/c1-6-7(2)9(4)11(10(5)8(6)3)12-13(15)16-17-14(12)18/h1-5H3,(H4,15,16,17,18). The molecule has 0 unspecified atom stereocenters. The Kier molecular flexibility index (Phi) is 2.81. The fraction of sp³-hybridized carbons (Fsp3) is 0.357. The highest BCUT2D eigenvalue weighted by atomic mass is 16.1. The van der Waals surface area contributed by atoms with Gasteiger partial charge in [-0.3, -0.25) is 15.0 Å². The van der Waals surface area contributed by atoms with Gasteiger partial charge in [-0.2, -0.15) is 0 Å². The van der Waals surface area contributed by atoms with Crippen LogP contribution in [-0.4, -0.2) is 10.2 Å². The maximum absolute atomic E-state index is 11.9. The minimum atomic E-state index is -0.165. The van der Waals surface area contributed by atoms with Gasteiger partial charge in [0.2, 0.25) is 0 Å². The zero-order valence-corrected chi connectivity index (χ0v) is 11.5. The van der Waals surface area contributed by atoms with E-state index in [1.807, 2.05) is 13.8 Å². The minimum Gasteiger partial charge on any atom is -0.383 e. The molecule has 2 rings (SSSR count). The van der Waals surface area contributed by atoms with Crippen molar-refractivity contribution < 1.29 is 0 Å². The number of aromatic nitrogens is 2. The number of rotatable bonds is 1. The van der Waals surface area contributed by atoms with Crippen LogP contribution in [0.5, 0.6) is 0 Å². The third-order valence-electron chi connectivity index (χ3n) is 4.06. The molecule has 96 valence electrons. The van der Waals surface area contributed by atoms with Gasteiger partial charge in [0.05, 0.1) is 5.56 Å². The van der Waals surface area contributed by atoms with Crippen LogP contribution in [-0.2, 0) is 0 Å². The molecule has 0 amide bonds. The number of aromatic amines is 2. The molecule has 4 N–H and O–H groups in total. The van der Waals surface area contributed by atoms with E-state index in [9.17, 15) is 4.79 Å². The normalized spacial score (nSPS) is 10.9. The predicted molar refractivity (Wildman–Crippen MR) is 74.9 cm³/mol. The summed E-state index contributed by atoms with van der Waals surface area (Å²) in [5.41, 5.74) is 13.1. The van der Waals surface area contributed by atoms with Gasteiger partial charge in [0.1, 0.15) is 5.82 Å². The van der Waals surface area contributed by atoms with E-state index in [0.29, 0.717) is 11.4 Å². The Hall–Kier alpha value is -1.97. The molecule has 0 aliphatic heterocycles. The number of nitrogen functional groups attached to an aromatic ring is 1. The number of H-pyrrole nitrogens is 2. The van der Waals surface area contributed by atoms with Crippen molar-refractivity contribution in [1.29, 1.82) is 0 Å². The number of hydrogen-bond acceptors (Lipinski definition) is 2. The molecule has 2 aromatic rings. The number of anilines is 1. The predicted octanol–water partition coefficient (Wildman–Crippen LogP) is 2.49. The first-order chi connectivity index (χ1) is 8.36. The summed E-state index contributed by atoms with van der Waals surface area (Å²) in [6.07, 6.45) is 0. The Balaban J connectivity index is 2.93. The van der Waals surface area contributed by atoms with Gasteiger partial charge in [0.25, 0.3) is 5.56 Å². The van der Waals surface area contributed by atoms with E-state index in [1.54, 1.807) is 0 Å². The third kappa shape index (κ3) is 1.56. The first-order valence-corrected chi connectivity index (χ1v) is 5.99. The molecule has 0 aliphatic carbocycles. The van der Waals surface area contributed by atoms with E-state index < -0.39 is 0 Å². The lowest BCUT2D eigenvalue weighted by Gasteiger charge is -2.17. The van der Waals surface area contributed by atoms with Gasteiger partial charge in [0, 0.05) is 0 Å². The van der Waals surface area contributed by atoms with Crippen molar-refractivity contribution in [3.63, 3.8) is 0 Å². The first-order valence-electron chi connectivity index (χ1n) is 5.99.